The summed E-state index contributed by atoms with van der Waals surface area (Å²) in [7, 11) is 0. The van der Waals surface area contributed by atoms with Gasteiger partial charge in [-0.3, -0.25) is 0 Å². The average molecular weight is 811 g/mol. The van der Waals surface area contributed by atoms with Gasteiger partial charge in [-0.15, -0.1) is 5.73 Å². The quantitative estimate of drug-likeness (QED) is 0.0367. The molecule has 0 heterocycles. The van der Waals surface area contributed by atoms with E-state index in [4.69, 9.17) is 0 Å². The lowest BCUT2D eigenvalue weighted by molar-refractivity contribution is 0.404. The van der Waals surface area contributed by atoms with Gasteiger partial charge in [-0.05, 0) is 94.6 Å². The standard InChI is InChI=1S/C57H111N/c1-8-14-19-22-31-36-43-52-58-57(50-41-34-29-25-23-27-32-37-44-53(7)55(45-17-11-4)48-38-20-15-9-2)51-42-35-30-26-24-28-33-40-47-54(13-6)56(46-18-12-5)49-39-21-16-10-3/h55-58H,6-12,14-52H2,1-5H3. The summed E-state index contributed by atoms with van der Waals surface area (Å²) in [5.74, 6) is 1.54. The first kappa shape index (κ1) is 57.2. The highest BCUT2D eigenvalue weighted by Gasteiger charge is 2.14. The normalized spacial score (nSPS) is 13.1. The Bertz CT molecular complexity index is 865. The lowest BCUT2D eigenvalue weighted by Crippen LogP contribution is -2.30. The third kappa shape index (κ3) is 38.2. The van der Waals surface area contributed by atoms with Crippen LogP contribution in [0.1, 0.15) is 311 Å². The first-order valence-electron chi connectivity index (χ1n) is 27.4. The molecule has 1 nitrogen and oxygen atoms in total. The van der Waals surface area contributed by atoms with Gasteiger partial charge in [-0.2, -0.15) is 0 Å². The van der Waals surface area contributed by atoms with Crippen molar-refractivity contribution in [3.8, 4) is 0 Å². The van der Waals surface area contributed by atoms with Crippen LogP contribution in [-0.4, -0.2) is 12.6 Å². The molecule has 0 aliphatic heterocycles. The van der Waals surface area contributed by atoms with E-state index in [1.165, 1.54) is 283 Å². The third-order valence-electron chi connectivity index (χ3n) is 13.7. The number of nitrogens with one attached hydrogen (secondary N) is 1. The van der Waals surface area contributed by atoms with Gasteiger partial charge in [0.15, 0.2) is 0 Å². The molecular formula is C57H111N. The van der Waals surface area contributed by atoms with Gasteiger partial charge in [0, 0.05) is 6.04 Å². The first-order valence-corrected chi connectivity index (χ1v) is 27.4. The predicted octanol–water partition coefficient (Wildman–Crippen LogP) is 20.3. The molecule has 0 amide bonds. The molecule has 0 bridgehead atoms. The van der Waals surface area contributed by atoms with E-state index < -0.39 is 0 Å². The first-order chi connectivity index (χ1) is 28.6. The predicted molar refractivity (Wildman–Crippen MR) is 267 cm³/mol. The molecule has 1 heteroatoms. The van der Waals surface area contributed by atoms with Crippen LogP contribution in [0.15, 0.2) is 30.0 Å². The van der Waals surface area contributed by atoms with Crippen molar-refractivity contribution in [2.75, 3.05) is 6.54 Å². The Kier molecular flexibility index (Phi) is 46.6. The molecule has 58 heavy (non-hydrogen) atoms. The molecule has 1 N–H and O–H groups in total. The second-order valence-electron chi connectivity index (χ2n) is 19.2. The van der Waals surface area contributed by atoms with Crippen molar-refractivity contribution < 1.29 is 0 Å². The van der Waals surface area contributed by atoms with Gasteiger partial charge < -0.3 is 5.32 Å². The third-order valence-corrected chi connectivity index (χ3v) is 13.7. The number of rotatable bonds is 49. The minimum atomic E-state index is 0.748. The van der Waals surface area contributed by atoms with E-state index in [2.05, 4.69) is 58.8 Å². The smallest absolute Gasteiger partial charge is 0.00670 e. The maximum atomic E-state index is 4.59. The lowest BCUT2D eigenvalue weighted by Gasteiger charge is -2.20. The molecule has 0 rings (SSSR count). The molecule has 3 unspecified atom stereocenters. The van der Waals surface area contributed by atoms with Crippen LogP contribution in [-0.2, 0) is 0 Å². The Morgan fingerprint density at radius 3 is 1.16 bits per heavy atom. The number of hydrogen-bond donors (Lipinski definition) is 1. The summed E-state index contributed by atoms with van der Waals surface area (Å²) >= 11 is 0. The van der Waals surface area contributed by atoms with E-state index in [1.807, 2.05) is 0 Å². The molecule has 0 aliphatic carbocycles. The van der Waals surface area contributed by atoms with Gasteiger partial charge in [-0.1, -0.05) is 259 Å². The summed E-state index contributed by atoms with van der Waals surface area (Å²) in [6.45, 7) is 21.6. The zero-order valence-corrected chi connectivity index (χ0v) is 41.3. The number of unbranched alkanes of at least 4 members (excludes halogenated alkanes) is 28. The van der Waals surface area contributed by atoms with E-state index >= 15 is 0 Å². The fourth-order valence-corrected chi connectivity index (χ4v) is 9.53. The number of allylic oxidation sites excluding steroid dienone is 2. The van der Waals surface area contributed by atoms with Crippen molar-refractivity contribution in [2.24, 2.45) is 11.8 Å². The SMILES string of the molecule is C=C=C(CCCCCCCCCCC(CCCCCCCCCCC(=C)C(CCCC)CCCCCC)NCCCCCCCCC)C(CCCC)CCCCCC. The summed E-state index contributed by atoms with van der Waals surface area (Å²) in [5.41, 5.74) is 6.56. The van der Waals surface area contributed by atoms with Crippen LogP contribution < -0.4 is 5.32 Å². The molecule has 0 aromatic heterocycles. The van der Waals surface area contributed by atoms with Crippen LogP contribution in [0, 0.1) is 11.8 Å². The largest absolute Gasteiger partial charge is 0.314 e. The van der Waals surface area contributed by atoms with Gasteiger partial charge in [-0.25, -0.2) is 0 Å². The van der Waals surface area contributed by atoms with Crippen LogP contribution in [0.4, 0.5) is 0 Å². The van der Waals surface area contributed by atoms with Crippen molar-refractivity contribution in [2.45, 2.75) is 317 Å². The molecule has 0 saturated carbocycles. The van der Waals surface area contributed by atoms with Gasteiger partial charge >= 0.3 is 0 Å². The van der Waals surface area contributed by atoms with Crippen LogP contribution >= 0.6 is 0 Å². The number of hydrogen-bond acceptors (Lipinski definition) is 1. The molecular weight excluding hydrogens is 699 g/mol. The molecule has 0 fully saturated rings. The van der Waals surface area contributed by atoms with Gasteiger partial charge in [0.1, 0.15) is 0 Å². The van der Waals surface area contributed by atoms with Crippen LogP contribution in [0.3, 0.4) is 0 Å². The van der Waals surface area contributed by atoms with E-state index in [1.54, 1.807) is 11.1 Å². The Hall–Kier alpha value is -0.780. The summed E-state index contributed by atoms with van der Waals surface area (Å²) in [6, 6.07) is 0.751. The minimum Gasteiger partial charge on any atom is -0.314 e. The molecule has 0 radical (unpaired) electrons. The van der Waals surface area contributed by atoms with Gasteiger partial charge in [0.25, 0.3) is 0 Å². The van der Waals surface area contributed by atoms with Crippen molar-refractivity contribution in [1.82, 2.24) is 5.32 Å². The summed E-state index contributed by atoms with van der Waals surface area (Å²) < 4.78 is 0. The molecule has 0 saturated heterocycles. The molecule has 0 aliphatic rings. The highest BCUT2D eigenvalue weighted by molar-refractivity contribution is 5.04. The maximum Gasteiger partial charge on any atom is 0.00670 e. The van der Waals surface area contributed by atoms with Crippen LogP contribution in [0.2, 0.25) is 0 Å². The van der Waals surface area contributed by atoms with Crippen molar-refractivity contribution in [3.63, 3.8) is 0 Å². The lowest BCUT2D eigenvalue weighted by atomic mass is 9.86. The highest BCUT2D eigenvalue weighted by Crippen LogP contribution is 2.29. The zero-order valence-electron chi connectivity index (χ0n) is 41.3. The van der Waals surface area contributed by atoms with Crippen molar-refractivity contribution in [1.29, 1.82) is 0 Å². The Morgan fingerprint density at radius 2 is 0.690 bits per heavy atom. The summed E-state index contributed by atoms with van der Waals surface area (Å²) in [6.07, 6.45) is 59.8. The van der Waals surface area contributed by atoms with Gasteiger partial charge in [0.05, 0.1) is 0 Å². The topological polar surface area (TPSA) is 12.0 Å². The van der Waals surface area contributed by atoms with E-state index in [9.17, 15) is 0 Å². The summed E-state index contributed by atoms with van der Waals surface area (Å²) in [4.78, 5) is 0. The molecule has 3 atom stereocenters. The molecule has 0 spiro atoms. The van der Waals surface area contributed by atoms with E-state index in [-0.39, 0.29) is 0 Å². The van der Waals surface area contributed by atoms with Crippen molar-refractivity contribution in [3.05, 3.63) is 30.0 Å². The van der Waals surface area contributed by atoms with Gasteiger partial charge in [0.2, 0.25) is 0 Å². The van der Waals surface area contributed by atoms with Crippen molar-refractivity contribution >= 4 is 0 Å². The molecule has 0 aromatic rings. The van der Waals surface area contributed by atoms with E-state index in [0.29, 0.717) is 0 Å². The Labute approximate surface area is 369 Å². The zero-order chi connectivity index (χ0) is 42.4. The Morgan fingerprint density at radius 1 is 0.362 bits per heavy atom. The second kappa shape index (κ2) is 47.3. The fourth-order valence-electron chi connectivity index (χ4n) is 9.53. The molecule has 0 aromatic carbocycles. The molecule has 344 valence electrons. The summed E-state index contributed by atoms with van der Waals surface area (Å²) in [5, 5.41) is 4.05. The van der Waals surface area contributed by atoms with E-state index in [0.717, 1.165) is 17.9 Å². The second-order valence-corrected chi connectivity index (χ2v) is 19.2. The Balaban J connectivity index is 4.31. The van der Waals surface area contributed by atoms with Crippen LogP contribution in [0.25, 0.3) is 0 Å². The monoisotopic (exact) mass is 810 g/mol. The highest BCUT2D eigenvalue weighted by atomic mass is 14.9. The fraction of sp³-hybridized carbons (Fsp3) is 0.912. The average Bonchev–Trinajstić information content (AvgIpc) is 3.23. The minimum absolute atomic E-state index is 0.748. The maximum absolute atomic E-state index is 4.59. The van der Waals surface area contributed by atoms with Crippen LogP contribution in [0.5, 0.6) is 0 Å².